The smallest absolute Gasteiger partial charge is 0.243 e. The van der Waals surface area contributed by atoms with Crippen LogP contribution in [0.1, 0.15) is 37.2 Å². The Kier molecular flexibility index (Phi) is 4.94. The van der Waals surface area contributed by atoms with Gasteiger partial charge in [-0.25, -0.2) is 8.42 Å². The van der Waals surface area contributed by atoms with Crippen LogP contribution in [-0.2, 0) is 16.4 Å². The lowest BCUT2D eigenvalue weighted by atomic mass is 10.1. The molecule has 1 aliphatic heterocycles. The zero-order chi connectivity index (χ0) is 17.3. The first-order valence-corrected chi connectivity index (χ1v) is 9.90. The van der Waals surface area contributed by atoms with Crippen LogP contribution in [0, 0.1) is 6.92 Å². The highest BCUT2D eigenvalue weighted by Gasteiger charge is 2.30. The second-order valence-electron chi connectivity index (χ2n) is 6.05. The molecular formula is C16H21ClN4O2S. The predicted molar refractivity (Wildman–Crippen MR) is 92.6 cm³/mol. The number of benzene rings is 1. The minimum absolute atomic E-state index is 0.258. The molecule has 0 aliphatic carbocycles. The van der Waals surface area contributed by atoms with Gasteiger partial charge < -0.3 is 4.57 Å². The highest BCUT2D eigenvalue weighted by molar-refractivity contribution is 7.89. The number of aryl methyl sites for hydroxylation is 2. The second kappa shape index (κ2) is 6.82. The zero-order valence-electron chi connectivity index (χ0n) is 13.8. The fraction of sp³-hybridized carbons (Fsp3) is 0.500. The van der Waals surface area contributed by atoms with Gasteiger partial charge in [0.2, 0.25) is 10.0 Å². The molecule has 0 atom stereocenters. The van der Waals surface area contributed by atoms with Crippen molar-refractivity contribution in [2.24, 2.45) is 0 Å². The van der Waals surface area contributed by atoms with Gasteiger partial charge in [0.15, 0.2) is 0 Å². The van der Waals surface area contributed by atoms with Crippen molar-refractivity contribution < 1.29 is 8.42 Å². The van der Waals surface area contributed by atoms with E-state index >= 15 is 0 Å². The molecule has 6 nitrogen and oxygen atoms in total. The van der Waals surface area contributed by atoms with Gasteiger partial charge in [-0.3, -0.25) is 0 Å². The molecule has 0 unspecified atom stereocenters. The molecule has 130 valence electrons. The van der Waals surface area contributed by atoms with E-state index in [9.17, 15) is 8.42 Å². The molecule has 1 saturated heterocycles. The lowest BCUT2D eigenvalue weighted by Gasteiger charge is -2.32. The first kappa shape index (κ1) is 17.4. The summed E-state index contributed by atoms with van der Waals surface area (Å²) in [7, 11) is -3.48. The zero-order valence-corrected chi connectivity index (χ0v) is 15.4. The molecule has 0 saturated carbocycles. The third kappa shape index (κ3) is 3.20. The van der Waals surface area contributed by atoms with Gasteiger partial charge in [0.1, 0.15) is 12.2 Å². The molecular weight excluding hydrogens is 348 g/mol. The average molecular weight is 369 g/mol. The molecule has 0 spiro atoms. The minimum atomic E-state index is -3.48. The van der Waals surface area contributed by atoms with Crippen LogP contribution in [0.25, 0.3) is 0 Å². The summed E-state index contributed by atoms with van der Waals surface area (Å²) in [6.07, 6.45) is 4.09. The van der Waals surface area contributed by atoms with E-state index in [0.29, 0.717) is 23.0 Å². The van der Waals surface area contributed by atoms with Crippen LogP contribution in [0.4, 0.5) is 0 Å². The van der Waals surface area contributed by atoms with Gasteiger partial charge in [-0.1, -0.05) is 18.5 Å². The van der Waals surface area contributed by atoms with Crippen LogP contribution in [-0.4, -0.2) is 40.6 Å². The van der Waals surface area contributed by atoms with Gasteiger partial charge >= 0.3 is 0 Å². The monoisotopic (exact) mass is 368 g/mol. The van der Waals surface area contributed by atoms with Gasteiger partial charge in [-0.15, -0.1) is 10.2 Å². The van der Waals surface area contributed by atoms with E-state index in [1.165, 1.54) is 0 Å². The Morgan fingerprint density at radius 1 is 1.29 bits per heavy atom. The topological polar surface area (TPSA) is 68.1 Å². The van der Waals surface area contributed by atoms with E-state index < -0.39 is 10.0 Å². The number of hydrogen-bond acceptors (Lipinski definition) is 4. The number of hydrogen-bond donors (Lipinski definition) is 0. The molecule has 8 heteroatoms. The lowest BCUT2D eigenvalue weighted by Crippen LogP contribution is -2.39. The first-order chi connectivity index (χ1) is 11.4. The summed E-state index contributed by atoms with van der Waals surface area (Å²) in [5.74, 6) is 0.949. The highest BCUT2D eigenvalue weighted by Crippen LogP contribution is 2.28. The van der Waals surface area contributed by atoms with Crippen molar-refractivity contribution in [1.82, 2.24) is 19.1 Å². The van der Waals surface area contributed by atoms with E-state index in [4.69, 9.17) is 11.6 Å². The Labute approximate surface area is 147 Å². The predicted octanol–water partition coefficient (Wildman–Crippen LogP) is 2.83. The van der Waals surface area contributed by atoms with Crippen molar-refractivity contribution in [2.75, 3.05) is 13.1 Å². The second-order valence-corrected chi connectivity index (χ2v) is 8.40. The summed E-state index contributed by atoms with van der Waals surface area (Å²) in [4.78, 5) is 0.307. The van der Waals surface area contributed by atoms with Gasteiger partial charge in [0, 0.05) is 30.6 Å². The Balaban J connectivity index is 1.75. The maximum atomic E-state index is 12.8. The molecule has 1 aliphatic rings. The van der Waals surface area contributed by atoms with Gasteiger partial charge in [-0.05, 0) is 43.5 Å². The number of halogens is 1. The van der Waals surface area contributed by atoms with Crippen LogP contribution < -0.4 is 0 Å². The Hall–Kier alpha value is -1.44. The van der Waals surface area contributed by atoms with E-state index in [-0.39, 0.29) is 6.04 Å². The number of sulfonamides is 1. The van der Waals surface area contributed by atoms with E-state index in [2.05, 4.69) is 14.8 Å². The first-order valence-electron chi connectivity index (χ1n) is 8.08. The summed E-state index contributed by atoms with van der Waals surface area (Å²) in [5, 5.41) is 8.66. The quantitative estimate of drug-likeness (QED) is 0.832. The summed E-state index contributed by atoms with van der Waals surface area (Å²) in [6.45, 7) is 4.85. The van der Waals surface area contributed by atoms with Gasteiger partial charge in [0.25, 0.3) is 0 Å². The Bertz CT molecular complexity index is 826. The minimum Gasteiger partial charge on any atom is -0.314 e. The largest absolute Gasteiger partial charge is 0.314 e. The van der Waals surface area contributed by atoms with Crippen molar-refractivity contribution >= 4 is 21.6 Å². The molecule has 3 rings (SSSR count). The molecule has 0 radical (unpaired) electrons. The summed E-state index contributed by atoms with van der Waals surface area (Å²) in [6, 6.07) is 5.11. The molecule has 2 heterocycles. The molecule has 2 aromatic rings. The Morgan fingerprint density at radius 3 is 2.62 bits per heavy atom. The van der Waals surface area contributed by atoms with E-state index in [1.807, 2.05) is 13.8 Å². The van der Waals surface area contributed by atoms with Crippen LogP contribution in [0.5, 0.6) is 0 Å². The summed E-state index contributed by atoms with van der Waals surface area (Å²) in [5.41, 5.74) is 0.768. The number of piperidine rings is 1. The van der Waals surface area contributed by atoms with Crippen molar-refractivity contribution in [3.8, 4) is 0 Å². The van der Waals surface area contributed by atoms with Crippen LogP contribution in [0.15, 0.2) is 29.4 Å². The van der Waals surface area contributed by atoms with Gasteiger partial charge in [-0.2, -0.15) is 4.31 Å². The van der Waals surface area contributed by atoms with Crippen molar-refractivity contribution in [3.63, 3.8) is 0 Å². The molecule has 0 N–H and O–H groups in total. The molecule has 1 aromatic carbocycles. The maximum Gasteiger partial charge on any atom is 0.243 e. The summed E-state index contributed by atoms with van der Waals surface area (Å²) < 4.78 is 29.3. The van der Waals surface area contributed by atoms with Crippen molar-refractivity contribution in [2.45, 2.75) is 44.0 Å². The maximum absolute atomic E-state index is 12.8. The number of aromatic nitrogens is 3. The Morgan fingerprint density at radius 2 is 2.00 bits per heavy atom. The summed E-state index contributed by atoms with van der Waals surface area (Å²) >= 11 is 6.00. The van der Waals surface area contributed by atoms with E-state index in [0.717, 1.165) is 30.7 Å². The third-order valence-electron chi connectivity index (χ3n) is 4.55. The SMILES string of the molecule is CCc1nncn1C1CCN(S(=O)(=O)c2ccc(Cl)c(C)c2)CC1. The fourth-order valence-electron chi connectivity index (χ4n) is 3.11. The van der Waals surface area contributed by atoms with Crippen molar-refractivity contribution in [1.29, 1.82) is 0 Å². The molecule has 1 aromatic heterocycles. The number of nitrogens with zero attached hydrogens (tertiary/aromatic N) is 4. The van der Waals surface area contributed by atoms with Crippen LogP contribution in [0.2, 0.25) is 5.02 Å². The molecule has 24 heavy (non-hydrogen) atoms. The van der Waals surface area contributed by atoms with Crippen LogP contribution >= 0.6 is 11.6 Å². The van der Waals surface area contributed by atoms with Crippen molar-refractivity contribution in [3.05, 3.63) is 40.9 Å². The third-order valence-corrected chi connectivity index (χ3v) is 6.87. The highest BCUT2D eigenvalue weighted by atomic mass is 35.5. The lowest BCUT2D eigenvalue weighted by molar-refractivity contribution is 0.270. The average Bonchev–Trinajstić information content (AvgIpc) is 3.06. The number of rotatable bonds is 4. The molecule has 0 amide bonds. The fourth-order valence-corrected chi connectivity index (χ4v) is 4.79. The molecule has 1 fully saturated rings. The normalized spacial score (nSPS) is 17.3. The van der Waals surface area contributed by atoms with Crippen LogP contribution in [0.3, 0.4) is 0 Å². The van der Waals surface area contributed by atoms with Gasteiger partial charge in [0.05, 0.1) is 4.90 Å². The van der Waals surface area contributed by atoms with E-state index in [1.54, 1.807) is 28.8 Å². The molecule has 0 bridgehead atoms. The standard InChI is InChI=1S/C16H21ClN4O2S/c1-3-16-19-18-11-21(16)13-6-8-20(9-7-13)24(22,23)14-4-5-15(17)12(2)10-14/h4-5,10-11,13H,3,6-9H2,1-2H3.